The van der Waals surface area contributed by atoms with E-state index in [1.54, 1.807) is 0 Å². The Morgan fingerprint density at radius 3 is 2.33 bits per heavy atom. The molecule has 2 N–H and O–H groups in total. The molecule has 1 heterocycles. The second-order valence-electron chi connectivity index (χ2n) is 5.73. The predicted molar refractivity (Wildman–Crippen MR) is 59.7 cm³/mol. The second kappa shape index (κ2) is 4.04. The fraction of sp³-hybridized carbons (Fsp3) is 1.00. The van der Waals surface area contributed by atoms with Gasteiger partial charge in [-0.1, -0.05) is 20.3 Å². The lowest BCUT2D eigenvalue weighted by molar-refractivity contribution is -0.105. The van der Waals surface area contributed by atoms with Gasteiger partial charge in [-0.25, -0.2) is 0 Å². The minimum atomic E-state index is -0.888. The van der Waals surface area contributed by atoms with Gasteiger partial charge in [-0.2, -0.15) is 0 Å². The van der Waals surface area contributed by atoms with Crippen molar-refractivity contribution in [1.29, 1.82) is 0 Å². The zero-order valence-corrected chi connectivity index (χ0v) is 10.3. The molecule has 1 aliphatic rings. The largest absolute Gasteiger partial charge is 0.396 e. The molecule has 3 nitrogen and oxygen atoms in total. The lowest BCUT2D eigenvalue weighted by atomic mass is 9.68. The van der Waals surface area contributed by atoms with Gasteiger partial charge in [0, 0.05) is 11.8 Å². The second-order valence-corrected chi connectivity index (χ2v) is 5.73. The molecule has 0 saturated carbocycles. The van der Waals surface area contributed by atoms with Crippen molar-refractivity contribution in [2.24, 2.45) is 5.41 Å². The van der Waals surface area contributed by atoms with Crippen LogP contribution in [0.3, 0.4) is 0 Å². The highest BCUT2D eigenvalue weighted by Crippen LogP contribution is 2.46. The minimum absolute atomic E-state index is 0.0107. The van der Waals surface area contributed by atoms with E-state index in [-0.39, 0.29) is 12.2 Å². The first-order chi connectivity index (χ1) is 6.79. The average molecular weight is 216 g/mol. The van der Waals surface area contributed by atoms with Crippen LogP contribution in [0.4, 0.5) is 0 Å². The lowest BCUT2D eigenvalue weighted by Crippen LogP contribution is -2.50. The van der Waals surface area contributed by atoms with Crippen molar-refractivity contribution in [3.8, 4) is 0 Å². The summed E-state index contributed by atoms with van der Waals surface area (Å²) in [7, 11) is 0. The molecular formula is C12H24O3. The lowest BCUT2D eigenvalue weighted by Gasteiger charge is -2.41. The van der Waals surface area contributed by atoms with Crippen LogP contribution in [0.1, 0.15) is 47.0 Å². The van der Waals surface area contributed by atoms with Gasteiger partial charge < -0.3 is 14.9 Å². The Kier molecular flexibility index (Phi) is 3.49. The summed E-state index contributed by atoms with van der Waals surface area (Å²) in [6.45, 7) is 8.32. The summed E-state index contributed by atoms with van der Waals surface area (Å²) in [5, 5.41) is 20.1. The number of rotatable bonds is 4. The number of hydrogen-bond donors (Lipinski definition) is 2. The highest BCUT2D eigenvalue weighted by molar-refractivity contribution is 5.03. The quantitative estimate of drug-likeness (QED) is 0.752. The van der Waals surface area contributed by atoms with Crippen molar-refractivity contribution in [1.82, 2.24) is 0 Å². The fourth-order valence-electron chi connectivity index (χ4n) is 2.52. The van der Waals surface area contributed by atoms with Gasteiger partial charge in [0.05, 0.1) is 24.4 Å². The SMILES string of the molecule is CCCC(C)(CO)C1(O)COC(C)(C)C1. The molecule has 0 amide bonds. The van der Waals surface area contributed by atoms with Crippen molar-refractivity contribution >= 4 is 0 Å². The smallest absolute Gasteiger partial charge is 0.0982 e. The molecule has 1 saturated heterocycles. The van der Waals surface area contributed by atoms with E-state index in [1.165, 1.54) is 0 Å². The molecule has 0 aromatic heterocycles. The Hall–Kier alpha value is -0.120. The van der Waals surface area contributed by atoms with Crippen molar-refractivity contribution in [3.63, 3.8) is 0 Å². The molecular weight excluding hydrogens is 192 g/mol. The summed E-state index contributed by atoms with van der Waals surface area (Å²) in [4.78, 5) is 0. The molecule has 1 aliphatic heterocycles. The Balaban J connectivity index is 2.85. The molecule has 0 spiro atoms. The third-order valence-corrected chi connectivity index (χ3v) is 3.69. The summed E-state index contributed by atoms with van der Waals surface area (Å²) in [6, 6.07) is 0. The van der Waals surface area contributed by atoms with Crippen LogP contribution in [0.15, 0.2) is 0 Å². The van der Waals surface area contributed by atoms with Gasteiger partial charge in [0.1, 0.15) is 0 Å². The summed E-state index contributed by atoms with van der Waals surface area (Å²) in [5.41, 5.74) is -1.62. The molecule has 3 heteroatoms. The molecule has 15 heavy (non-hydrogen) atoms. The topological polar surface area (TPSA) is 49.7 Å². The Morgan fingerprint density at radius 2 is 2.00 bits per heavy atom. The van der Waals surface area contributed by atoms with Crippen molar-refractivity contribution < 1.29 is 14.9 Å². The molecule has 0 bridgehead atoms. The molecule has 1 rings (SSSR count). The van der Waals surface area contributed by atoms with Crippen LogP contribution in [0.25, 0.3) is 0 Å². The molecule has 1 fully saturated rings. The van der Waals surface area contributed by atoms with Gasteiger partial charge in [-0.3, -0.25) is 0 Å². The van der Waals surface area contributed by atoms with E-state index in [1.807, 2.05) is 20.8 Å². The van der Waals surface area contributed by atoms with E-state index in [0.717, 1.165) is 12.8 Å². The van der Waals surface area contributed by atoms with Crippen LogP contribution < -0.4 is 0 Å². The standard InChI is InChI=1S/C12H24O3/c1-5-6-11(4,8-13)12(14)7-10(2,3)15-9-12/h13-14H,5-9H2,1-4H3. The predicted octanol–water partition coefficient (Wildman–Crippen LogP) is 1.72. The van der Waals surface area contributed by atoms with Crippen LogP contribution in [-0.4, -0.2) is 34.6 Å². The average Bonchev–Trinajstić information content (AvgIpc) is 2.42. The van der Waals surface area contributed by atoms with E-state index in [9.17, 15) is 10.2 Å². The number of ether oxygens (including phenoxy) is 1. The first-order valence-corrected chi connectivity index (χ1v) is 5.76. The van der Waals surface area contributed by atoms with Gasteiger partial charge in [0.2, 0.25) is 0 Å². The van der Waals surface area contributed by atoms with Crippen molar-refractivity contribution in [3.05, 3.63) is 0 Å². The van der Waals surface area contributed by atoms with Gasteiger partial charge in [-0.15, -0.1) is 0 Å². The molecule has 0 radical (unpaired) electrons. The van der Waals surface area contributed by atoms with Gasteiger partial charge in [0.15, 0.2) is 0 Å². The first kappa shape index (κ1) is 12.9. The van der Waals surface area contributed by atoms with E-state index >= 15 is 0 Å². The first-order valence-electron chi connectivity index (χ1n) is 5.76. The third kappa shape index (κ3) is 2.35. The monoisotopic (exact) mass is 216 g/mol. The maximum absolute atomic E-state index is 10.6. The molecule has 2 unspecified atom stereocenters. The van der Waals surface area contributed by atoms with Crippen LogP contribution in [0.5, 0.6) is 0 Å². The summed E-state index contributed by atoms with van der Waals surface area (Å²) >= 11 is 0. The van der Waals surface area contributed by atoms with Gasteiger partial charge in [-0.05, 0) is 20.3 Å². The highest BCUT2D eigenvalue weighted by Gasteiger charge is 2.53. The Labute approximate surface area is 92.4 Å². The van der Waals surface area contributed by atoms with Crippen molar-refractivity contribution in [2.75, 3.05) is 13.2 Å². The van der Waals surface area contributed by atoms with Gasteiger partial charge >= 0.3 is 0 Å². The van der Waals surface area contributed by atoms with Gasteiger partial charge in [0.25, 0.3) is 0 Å². The number of aliphatic hydroxyl groups is 2. The van der Waals surface area contributed by atoms with E-state index in [4.69, 9.17) is 4.74 Å². The fourth-order valence-corrected chi connectivity index (χ4v) is 2.52. The molecule has 0 aromatic rings. The van der Waals surface area contributed by atoms with E-state index < -0.39 is 11.0 Å². The van der Waals surface area contributed by atoms with Crippen molar-refractivity contribution in [2.45, 2.75) is 58.2 Å². The Bertz CT molecular complexity index is 227. The third-order valence-electron chi connectivity index (χ3n) is 3.69. The molecule has 90 valence electrons. The van der Waals surface area contributed by atoms with Crippen LogP contribution >= 0.6 is 0 Å². The Morgan fingerprint density at radius 1 is 1.40 bits per heavy atom. The molecule has 2 atom stereocenters. The minimum Gasteiger partial charge on any atom is -0.396 e. The zero-order chi connectivity index (χ0) is 11.7. The summed E-state index contributed by atoms with van der Waals surface area (Å²) in [6.07, 6.45) is 2.37. The number of aliphatic hydroxyl groups excluding tert-OH is 1. The summed E-state index contributed by atoms with van der Waals surface area (Å²) in [5.74, 6) is 0. The summed E-state index contributed by atoms with van der Waals surface area (Å²) < 4.78 is 5.59. The van der Waals surface area contributed by atoms with E-state index in [2.05, 4.69) is 6.92 Å². The highest BCUT2D eigenvalue weighted by atomic mass is 16.5. The molecule has 0 aromatic carbocycles. The normalized spacial score (nSPS) is 34.0. The maximum atomic E-state index is 10.6. The van der Waals surface area contributed by atoms with Crippen LogP contribution in [0, 0.1) is 5.41 Å². The zero-order valence-electron chi connectivity index (χ0n) is 10.3. The molecule has 0 aliphatic carbocycles. The van der Waals surface area contributed by atoms with E-state index in [0.29, 0.717) is 13.0 Å². The van der Waals surface area contributed by atoms with Crippen LogP contribution in [-0.2, 0) is 4.74 Å². The maximum Gasteiger partial charge on any atom is 0.0982 e. The number of hydrogen-bond acceptors (Lipinski definition) is 3. The van der Waals surface area contributed by atoms with Crippen LogP contribution in [0.2, 0.25) is 0 Å².